The lowest BCUT2D eigenvalue weighted by molar-refractivity contribution is -0.392. The number of carbonyl (C=O) groups excluding carboxylic acids is 1. The molecule has 1 fully saturated rings. The van der Waals surface area contributed by atoms with Crippen LogP contribution in [0.1, 0.15) is 23.7 Å². The highest BCUT2D eigenvalue weighted by Crippen LogP contribution is 2.47. The van der Waals surface area contributed by atoms with Crippen LogP contribution in [0.2, 0.25) is 0 Å². The Labute approximate surface area is 132 Å². The molecular weight excluding hydrogens is 302 g/mol. The lowest BCUT2D eigenvalue weighted by atomic mass is 10.2. The zero-order valence-corrected chi connectivity index (χ0v) is 12.9. The van der Waals surface area contributed by atoms with Gasteiger partial charge < -0.3 is 14.9 Å². The predicted octanol–water partition coefficient (Wildman–Crippen LogP) is 1.18. The lowest BCUT2D eigenvalue weighted by Gasteiger charge is -2.05. The largest absolute Gasteiger partial charge is 0.461 e. The summed E-state index contributed by atoms with van der Waals surface area (Å²) >= 11 is 0. The third-order valence-corrected chi connectivity index (χ3v) is 4.03. The summed E-state index contributed by atoms with van der Waals surface area (Å²) in [6.45, 7) is 1.99. The summed E-state index contributed by atoms with van der Waals surface area (Å²) < 4.78 is 8.38. The second-order valence-corrected chi connectivity index (χ2v) is 5.64. The summed E-state index contributed by atoms with van der Waals surface area (Å²) in [5, 5.41) is 15.0. The van der Waals surface area contributed by atoms with E-state index in [0.717, 1.165) is 12.0 Å². The Hall–Kier alpha value is -2.71. The van der Waals surface area contributed by atoms with E-state index in [0.29, 0.717) is 5.82 Å². The molecule has 0 radical (unpaired) electrons. The predicted molar refractivity (Wildman–Crippen MR) is 78.6 cm³/mol. The van der Waals surface area contributed by atoms with Crippen LogP contribution < -0.4 is 0 Å². The maximum atomic E-state index is 12.0. The van der Waals surface area contributed by atoms with Gasteiger partial charge in [0.2, 0.25) is 0 Å². The van der Waals surface area contributed by atoms with Crippen LogP contribution in [0, 0.1) is 23.0 Å². The van der Waals surface area contributed by atoms with Gasteiger partial charge in [-0.3, -0.25) is 9.48 Å². The number of aryl methyl sites for hydroxylation is 2. The number of hydrogen-bond donors (Lipinski definition) is 0. The monoisotopic (exact) mass is 319 g/mol. The molecular formula is C14H17N5O4. The Balaban J connectivity index is 1.51. The smallest absolute Gasteiger partial charge is 0.342 e. The van der Waals surface area contributed by atoms with E-state index < -0.39 is 4.92 Å². The molecule has 2 atom stereocenters. The van der Waals surface area contributed by atoms with Crippen molar-refractivity contribution < 1.29 is 14.5 Å². The second-order valence-electron chi connectivity index (χ2n) is 5.64. The summed E-state index contributed by atoms with van der Waals surface area (Å²) in [5.41, 5.74) is 1.04. The Morgan fingerprint density at radius 3 is 2.96 bits per heavy atom. The summed E-state index contributed by atoms with van der Waals surface area (Å²) in [5.74, 6) is 0.184. The fourth-order valence-corrected chi connectivity index (χ4v) is 2.68. The third kappa shape index (κ3) is 3.08. The number of nitro groups is 1. The zero-order valence-electron chi connectivity index (χ0n) is 12.9. The highest BCUT2D eigenvalue weighted by Gasteiger charge is 2.45. The van der Waals surface area contributed by atoms with Gasteiger partial charge in [0.15, 0.2) is 5.82 Å². The molecule has 1 aliphatic rings. The summed E-state index contributed by atoms with van der Waals surface area (Å²) in [6, 6.07) is 0. The van der Waals surface area contributed by atoms with Crippen molar-refractivity contribution in [1.82, 2.24) is 19.3 Å². The van der Waals surface area contributed by atoms with Crippen molar-refractivity contribution in [2.75, 3.05) is 6.61 Å². The topological polar surface area (TPSA) is 105 Å². The summed E-state index contributed by atoms with van der Waals surface area (Å²) in [7, 11) is 1.83. The highest BCUT2D eigenvalue weighted by molar-refractivity contribution is 5.77. The van der Waals surface area contributed by atoms with E-state index in [1.54, 1.807) is 17.8 Å². The number of esters is 1. The van der Waals surface area contributed by atoms with Gasteiger partial charge in [0.25, 0.3) is 0 Å². The minimum atomic E-state index is -0.499. The first-order valence-corrected chi connectivity index (χ1v) is 7.29. The van der Waals surface area contributed by atoms with E-state index in [1.807, 2.05) is 13.2 Å². The first-order chi connectivity index (χ1) is 11.0. The van der Waals surface area contributed by atoms with E-state index >= 15 is 0 Å². The molecule has 0 saturated heterocycles. The van der Waals surface area contributed by atoms with Gasteiger partial charge in [0.1, 0.15) is 19.3 Å². The van der Waals surface area contributed by atoms with Gasteiger partial charge in [0, 0.05) is 26.1 Å². The van der Waals surface area contributed by atoms with Crippen molar-refractivity contribution in [2.45, 2.75) is 25.8 Å². The molecule has 3 rings (SSSR count). The molecule has 2 aromatic rings. The highest BCUT2D eigenvalue weighted by atomic mass is 16.6. The van der Waals surface area contributed by atoms with Gasteiger partial charge in [-0.05, 0) is 16.9 Å². The fourth-order valence-electron chi connectivity index (χ4n) is 2.68. The van der Waals surface area contributed by atoms with Gasteiger partial charge in [-0.1, -0.05) is 0 Å². The van der Waals surface area contributed by atoms with E-state index in [1.165, 1.54) is 10.8 Å². The van der Waals surface area contributed by atoms with E-state index in [4.69, 9.17) is 4.74 Å². The molecule has 9 heteroatoms. The number of ether oxygens (including phenoxy) is 1. The van der Waals surface area contributed by atoms with Crippen LogP contribution >= 0.6 is 0 Å². The Bertz CT molecular complexity index is 750. The first-order valence-electron chi connectivity index (χ1n) is 7.29. The van der Waals surface area contributed by atoms with Crippen LogP contribution in [0.25, 0.3) is 0 Å². The molecule has 0 spiro atoms. The number of nitrogens with zero attached hydrogens (tertiary/aromatic N) is 5. The molecule has 122 valence electrons. The van der Waals surface area contributed by atoms with Gasteiger partial charge in [-0.25, -0.2) is 9.55 Å². The van der Waals surface area contributed by atoms with Gasteiger partial charge >= 0.3 is 11.8 Å². The maximum absolute atomic E-state index is 12.0. The van der Waals surface area contributed by atoms with E-state index in [2.05, 4.69) is 10.1 Å². The van der Waals surface area contributed by atoms with E-state index in [-0.39, 0.29) is 36.8 Å². The Morgan fingerprint density at radius 2 is 2.30 bits per heavy atom. The maximum Gasteiger partial charge on any atom is 0.342 e. The molecule has 1 saturated carbocycles. The van der Waals surface area contributed by atoms with Crippen LogP contribution in [0.3, 0.4) is 0 Å². The normalized spacial score (nSPS) is 19.6. The van der Waals surface area contributed by atoms with Crippen molar-refractivity contribution in [3.05, 3.63) is 40.1 Å². The molecule has 0 unspecified atom stereocenters. The first kappa shape index (κ1) is 15.2. The number of rotatable bonds is 6. The number of imidazole rings is 1. The van der Waals surface area contributed by atoms with Crippen molar-refractivity contribution in [3.63, 3.8) is 0 Å². The molecule has 23 heavy (non-hydrogen) atoms. The molecule has 1 aliphatic carbocycles. The third-order valence-electron chi connectivity index (χ3n) is 4.03. The minimum absolute atomic E-state index is 0.0904. The SMILES string of the molecule is Cc1ncc([N+](=O)[O-])n1CCOC(=O)[C@H]1C[C@@H]1c1cnn(C)c1. The van der Waals surface area contributed by atoms with Crippen molar-refractivity contribution in [3.8, 4) is 0 Å². The number of hydrogen-bond acceptors (Lipinski definition) is 6. The molecule has 0 N–H and O–H groups in total. The Morgan fingerprint density at radius 1 is 1.52 bits per heavy atom. The number of aromatic nitrogens is 4. The molecule has 2 heterocycles. The molecule has 0 aliphatic heterocycles. The van der Waals surface area contributed by atoms with Crippen LogP contribution in [0.15, 0.2) is 18.6 Å². The van der Waals surface area contributed by atoms with Crippen LogP contribution in [-0.2, 0) is 23.1 Å². The molecule has 0 amide bonds. The average Bonchev–Trinajstić information content (AvgIpc) is 3.06. The standard InChI is InChI=1S/C14H17N5O4/c1-9-15-7-13(19(21)22)18(9)3-4-23-14(20)12-5-11(12)10-6-16-17(2)8-10/h6-8,11-12H,3-5H2,1-2H3/t11-,12+/m1/s1. The number of carbonyl (C=O) groups is 1. The molecule has 0 bridgehead atoms. The molecule has 2 aromatic heterocycles. The van der Waals surface area contributed by atoms with Crippen molar-refractivity contribution in [2.24, 2.45) is 13.0 Å². The molecule has 9 nitrogen and oxygen atoms in total. The average molecular weight is 319 g/mol. The minimum Gasteiger partial charge on any atom is -0.461 e. The van der Waals surface area contributed by atoms with Crippen molar-refractivity contribution in [1.29, 1.82) is 0 Å². The second kappa shape index (κ2) is 5.82. The Kier molecular flexibility index (Phi) is 3.85. The fraction of sp³-hybridized carbons (Fsp3) is 0.500. The van der Waals surface area contributed by atoms with Crippen LogP contribution in [-0.4, -0.2) is 36.8 Å². The lowest BCUT2D eigenvalue weighted by Crippen LogP contribution is -2.15. The summed E-state index contributed by atoms with van der Waals surface area (Å²) in [6.07, 6.45) is 5.62. The van der Waals surface area contributed by atoms with Gasteiger partial charge in [-0.15, -0.1) is 0 Å². The molecule has 0 aromatic carbocycles. The van der Waals surface area contributed by atoms with Gasteiger partial charge in [0.05, 0.1) is 12.1 Å². The summed E-state index contributed by atoms with van der Waals surface area (Å²) in [4.78, 5) is 26.3. The quantitative estimate of drug-likeness (QED) is 0.450. The van der Waals surface area contributed by atoms with E-state index in [9.17, 15) is 14.9 Å². The van der Waals surface area contributed by atoms with Crippen LogP contribution in [0.5, 0.6) is 0 Å². The van der Waals surface area contributed by atoms with Crippen LogP contribution in [0.4, 0.5) is 5.82 Å². The van der Waals surface area contributed by atoms with Crippen molar-refractivity contribution >= 4 is 11.8 Å². The zero-order chi connectivity index (χ0) is 16.6. The van der Waals surface area contributed by atoms with Gasteiger partial charge in [-0.2, -0.15) is 5.10 Å².